The van der Waals surface area contributed by atoms with E-state index < -0.39 is 0 Å². The van der Waals surface area contributed by atoms with Crippen molar-refractivity contribution >= 4 is 11.3 Å². The predicted octanol–water partition coefficient (Wildman–Crippen LogP) is 2.82. The van der Waals surface area contributed by atoms with Crippen molar-refractivity contribution in [1.29, 1.82) is 0 Å². The van der Waals surface area contributed by atoms with Gasteiger partial charge in [0.25, 0.3) is 0 Å². The minimum absolute atomic E-state index is 0.282. The number of hydrogen-bond donors (Lipinski definition) is 1. The second-order valence-electron chi connectivity index (χ2n) is 2.81. The van der Waals surface area contributed by atoms with Crippen molar-refractivity contribution in [3.8, 4) is 17.0 Å². The van der Waals surface area contributed by atoms with Gasteiger partial charge >= 0.3 is 0 Å². The molecule has 1 aromatic carbocycles. The van der Waals surface area contributed by atoms with Crippen molar-refractivity contribution in [2.24, 2.45) is 0 Å². The first-order valence-corrected chi connectivity index (χ1v) is 4.85. The lowest BCUT2D eigenvalue weighted by Gasteiger charge is -1.98. The molecule has 1 N–H and O–H groups in total. The Hall–Kier alpha value is -1.35. The summed E-state index contributed by atoms with van der Waals surface area (Å²) >= 11 is 1.61. The highest BCUT2D eigenvalue weighted by Crippen LogP contribution is 2.26. The number of aryl methyl sites for hydroxylation is 1. The van der Waals surface area contributed by atoms with Crippen molar-refractivity contribution in [3.63, 3.8) is 0 Å². The number of phenolic OH excluding ortho intramolecular Hbond substituents is 1. The van der Waals surface area contributed by atoms with Gasteiger partial charge in [-0.15, -0.1) is 11.3 Å². The van der Waals surface area contributed by atoms with Crippen LogP contribution < -0.4 is 0 Å². The van der Waals surface area contributed by atoms with Crippen molar-refractivity contribution in [2.75, 3.05) is 0 Å². The summed E-state index contributed by atoms with van der Waals surface area (Å²) in [6, 6.07) is 7.15. The fourth-order valence-corrected chi connectivity index (χ4v) is 1.83. The lowest BCUT2D eigenvalue weighted by molar-refractivity contribution is 0.475. The third kappa shape index (κ3) is 1.55. The molecule has 0 aliphatic heterocycles. The molecule has 0 bridgehead atoms. The lowest BCUT2D eigenvalue weighted by Crippen LogP contribution is -1.78. The zero-order chi connectivity index (χ0) is 9.26. The number of nitrogens with zero attached hydrogens (tertiary/aromatic N) is 1. The zero-order valence-corrected chi connectivity index (χ0v) is 8.01. The number of benzene rings is 1. The van der Waals surface area contributed by atoms with Crippen LogP contribution in [0.4, 0.5) is 0 Å². The smallest absolute Gasteiger partial charge is 0.116 e. The average molecular weight is 191 g/mol. The molecule has 0 radical (unpaired) electrons. The van der Waals surface area contributed by atoms with E-state index in [1.807, 2.05) is 24.6 Å². The molecule has 0 aliphatic carbocycles. The summed E-state index contributed by atoms with van der Waals surface area (Å²) in [4.78, 5) is 5.41. The number of rotatable bonds is 1. The molecule has 0 saturated heterocycles. The first-order valence-electron chi connectivity index (χ1n) is 3.97. The molecule has 0 saturated carbocycles. The third-order valence-electron chi connectivity index (χ3n) is 1.86. The number of aromatic hydroxyl groups is 1. The van der Waals surface area contributed by atoms with Crippen LogP contribution in [-0.2, 0) is 0 Å². The third-order valence-corrected chi connectivity index (χ3v) is 2.62. The van der Waals surface area contributed by atoms with Crippen LogP contribution >= 0.6 is 11.3 Å². The van der Waals surface area contributed by atoms with Crippen molar-refractivity contribution in [2.45, 2.75) is 6.92 Å². The van der Waals surface area contributed by atoms with Crippen LogP contribution in [0.15, 0.2) is 29.8 Å². The van der Waals surface area contributed by atoms with E-state index in [0.29, 0.717) is 0 Å². The van der Waals surface area contributed by atoms with Gasteiger partial charge in [0.1, 0.15) is 5.75 Å². The van der Waals surface area contributed by atoms with E-state index >= 15 is 0 Å². The average Bonchev–Trinajstić information content (AvgIpc) is 2.51. The van der Waals surface area contributed by atoms with E-state index in [-0.39, 0.29) is 5.75 Å². The highest BCUT2D eigenvalue weighted by molar-refractivity contribution is 7.10. The van der Waals surface area contributed by atoms with E-state index in [9.17, 15) is 5.11 Å². The first-order chi connectivity index (χ1) is 6.27. The van der Waals surface area contributed by atoms with E-state index in [0.717, 1.165) is 11.3 Å². The highest BCUT2D eigenvalue weighted by Gasteiger charge is 2.04. The molecule has 0 atom stereocenters. The zero-order valence-electron chi connectivity index (χ0n) is 7.19. The molecule has 0 amide bonds. The molecule has 1 aromatic heterocycles. The maximum absolute atomic E-state index is 9.28. The van der Waals surface area contributed by atoms with E-state index in [2.05, 4.69) is 4.98 Å². The Morgan fingerprint density at radius 2 is 2.23 bits per heavy atom. The van der Waals surface area contributed by atoms with Crippen LogP contribution in [-0.4, -0.2) is 10.1 Å². The Labute approximate surface area is 80.5 Å². The van der Waals surface area contributed by atoms with E-state index in [4.69, 9.17) is 0 Å². The molecular weight excluding hydrogens is 182 g/mol. The minimum atomic E-state index is 0.282. The maximum atomic E-state index is 9.28. The van der Waals surface area contributed by atoms with Gasteiger partial charge in [-0.2, -0.15) is 0 Å². The van der Waals surface area contributed by atoms with Crippen LogP contribution in [0.5, 0.6) is 5.75 Å². The SMILES string of the molecule is Cc1scnc1-c1cccc(O)c1. The van der Waals surface area contributed by atoms with Crippen LogP contribution in [0.3, 0.4) is 0 Å². The monoisotopic (exact) mass is 191 g/mol. The lowest BCUT2D eigenvalue weighted by atomic mass is 10.1. The molecule has 2 rings (SSSR count). The maximum Gasteiger partial charge on any atom is 0.116 e. The summed E-state index contributed by atoms with van der Waals surface area (Å²) in [6.07, 6.45) is 0. The molecule has 0 fully saturated rings. The van der Waals surface area contributed by atoms with Crippen LogP contribution in [0, 0.1) is 6.92 Å². The minimum Gasteiger partial charge on any atom is -0.508 e. The molecular formula is C10H9NOS. The van der Waals surface area contributed by atoms with Crippen LogP contribution in [0.2, 0.25) is 0 Å². The Kier molecular flexibility index (Phi) is 2.02. The topological polar surface area (TPSA) is 33.1 Å². The Morgan fingerprint density at radius 1 is 1.38 bits per heavy atom. The van der Waals surface area contributed by atoms with Gasteiger partial charge in [-0.3, -0.25) is 0 Å². The largest absolute Gasteiger partial charge is 0.508 e. The van der Waals surface area contributed by atoms with Crippen molar-refractivity contribution in [3.05, 3.63) is 34.7 Å². The molecule has 66 valence electrons. The predicted molar refractivity (Wildman–Crippen MR) is 54.0 cm³/mol. The number of thiazole rings is 1. The molecule has 0 unspecified atom stereocenters. The quantitative estimate of drug-likeness (QED) is 0.751. The Morgan fingerprint density at radius 3 is 2.85 bits per heavy atom. The van der Waals surface area contributed by atoms with Crippen molar-refractivity contribution in [1.82, 2.24) is 4.98 Å². The number of phenols is 1. The summed E-state index contributed by atoms with van der Waals surface area (Å²) in [6.45, 7) is 2.02. The number of hydrogen-bond acceptors (Lipinski definition) is 3. The summed E-state index contributed by atoms with van der Waals surface area (Å²) in [7, 11) is 0. The molecule has 2 nitrogen and oxygen atoms in total. The van der Waals surface area contributed by atoms with E-state index in [1.54, 1.807) is 23.5 Å². The van der Waals surface area contributed by atoms with Gasteiger partial charge in [0.15, 0.2) is 0 Å². The molecule has 2 aromatic rings. The first kappa shape index (κ1) is 8.26. The highest BCUT2D eigenvalue weighted by atomic mass is 32.1. The summed E-state index contributed by atoms with van der Waals surface area (Å²) in [5, 5.41) is 9.28. The summed E-state index contributed by atoms with van der Waals surface area (Å²) in [5.74, 6) is 0.282. The fraction of sp³-hybridized carbons (Fsp3) is 0.100. The molecule has 3 heteroatoms. The van der Waals surface area contributed by atoms with Gasteiger partial charge in [0.05, 0.1) is 11.2 Å². The Bertz CT molecular complexity index is 422. The van der Waals surface area contributed by atoms with Gasteiger partial charge in [-0.05, 0) is 19.1 Å². The standard InChI is InChI=1S/C10H9NOS/c1-7-10(11-6-13-7)8-3-2-4-9(12)5-8/h2-6,12H,1H3. The number of aromatic nitrogens is 1. The summed E-state index contributed by atoms with van der Waals surface area (Å²) in [5.41, 5.74) is 3.74. The molecule has 0 spiro atoms. The summed E-state index contributed by atoms with van der Waals surface area (Å²) < 4.78 is 0. The van der Waals surface area contributed by atoms with Crippen LogP contribution in [0.1, 0.15) is 4.88 Å². The van der Waals surface area contributed by atoms with Crippen LogP contribution in [0.25, 0.3) is 11.3 Å². The molecule has 13 heavy (non-hydrogen) atoms. The van der Waals surface area contributed by atoms with Gasteiger partial charge in [-0.25, -0.2) is 4.98 Å². The molecule has 1 heterocycles. The van der Waals surface area contributed by atoms with E-state index in [1.165, 1.54) is 4.88 Å². The fourth-order valence-electron chi connectivity index (χ4n) is 1.24. The Balaban J connectivity index is 2.53. The van der Waals surface area contributed by atoms with Gasteiger partial charge < -0.3 is 5.11 Å². The molecule has 0 aliphatic rings. The second-order valence-corrected chi connectivity index (χ2v) is 3.87. The van der Waals surface area contributed by atoms with Gasteiger partial charge in [0.2, 0.25) is 0 Å². The van der Waals surface area contributed by atoms with Gasteiger partial charge in [-0.1, -0.05) is 12.1 Å². The van der Waals surface area contributed by atoms with Crippen molar-refractivity contribution < 1.29 is 5.11 Å². The van der Waals surface area contributed by atoms with Gasteiger partial charge in [0, 0.05) is 10.4 Å². The normalized spacial score (nSPS) is 10.2. The second kappa shape index (κ2) is 3.18.